The predicted molar refractivity (Wildman–Crippen MR) is 63.9 cm³/mol. The molecular weight excluding hydrogens is 351 g/mol. The van der Waals surface area contributed by atoms with Crippen LogP contribution in [0.2, 0.25) is 0 Å². The van der Waals surface area contributed by atoms with Crippen LogP contribution >= 0.6 is 49.9 Å². The average Bonchev–Trinajstić information content (AvgIpc) is 2.29. The second-order valence-electron chi connectivity index (χ2n) is 2.40. The van der Waals surface area contributed by atoms with Crippen LogP contribution in [0.25, 0.3) is 10.1 Å². The number of aromatic hydroxyl groups is 1. The van der Waals surface area contributed by atoms with E-state index in [0.29, 0.717) is 5.75 Å². The summed E-state index contributed by atoms with van der Waals surface area (Å²) >= 11 is 7.40. The van der Waals surface area contributed by atoms with Crippen LogP contribution in [0.5, 0.6) is 5.75 Å². The van der Waals surface area contributed by atoms with Gasteiger partial charge in [-0.3, -0.25) is 0 Å². The van der Waals surface area contributed by atoms with Crippen molar-refractivity contribution >= 4 is 59.9 Å². The summed E-state index contributed by atoms with van der Waals surface area (Å²) in [6, 6.07) is 5.55. The van der Waals surface area contributed by atoms with Crippen LogP contribution in [0.1, 0.15) is 0 Å². The van der Waals surface area contributed by atoms with Gasteiger partial charge in [0.05, 0.1) is 2.88 Å². The monoisotopic (exact) mass is 354 g/mol. The molecule has 1 aromatic carbocycles. The zero-order valence-corrected chi connectivity index (χ0v) is 10.4. The van der Waals surface area contributed by atoms with Crippen LogP contribution < -0.4 is 0 Å². The number of thiophene rings is 1. The van der Waals surface area contributed by atoms with Crippen molar-refractivity contribution < 1.29 is 5.11 Å². The molecule has 12 heavy (non-hydrogen) atoms. The first-order chi connectivity index (χ1) is 5.66. The quantitative estimate of drug-likeness (QED) is 0.709. The fourth-order valence-corrected chi connectivity index (χ4v) is 3.54. The molecule has 2 aromatic rings. The average molecular weight is 355 g/mol. The lowest BCUT2D eigenvalue weighted by molar-refractivity contribution is 0.476. The summed E-state index contributed by atoms with van der Waals surface area (Å²) in [4.78, 5) is 0. The summed E-state index contributed by atoms with van der Waals surface area (Å²) in [5, 5.41) is 10.4. The van der Waals surface area contributed by atoms with Crippen LogP contribution in [-0.2, 0) is 0 Å². The number of phenols is 1. The first kappa shape index (κ1) is 8.77. The Morgan fingerprint density at radius 3 is 2.83 bits per heavy atom. The molecule has 0 aliphatic rings. The molecule has 0 unspecified atom stereocenters. The third kappa shape index (κ3) is 1.47. The molecule has 0 saturated heterocycles. The zero-order chi connectivity index (χ0) is 8.72. The van der Waals surface area contributed by atoms with Gasteiger partial charge < -0.3 is 5.11 Å². The van der Waals surface area contributed by atoms with Crippen LogP contribution in [-0.4, -0.2) is 5.11 Å². The van der Waals surface area contributed by atoms with E-state index in [0.717, 1.165) is 9.86 Å². The summed E-state index contributed by atoms with van der Waals surface area (Å²) in [6.45, 7) is 0. The molecule has 0 saturated carbocycles. The van der Waals surface area contributed by atoms with Gasteiger partial charge in [-0.15, -0.1) is 11.3 Å². The van der Waals surface area contributed by atoms with Crippen LogP contribution in [0.3, 0.4) is 0 Å². The van der Waals surface area contributed by atoms with E-state index in [9.17, 15) is 5.11 Å². The van der Waals surface area contributed by atoms with Crippen molar-refractivity contribution in [2.75, 3.05) is 0 Å². The Labute approximate surface area is 95.7 Å². The topological polar surface area (TPSA) is 20.2 Å². The fraction of sp³-hybridized carbons (Fsp3) is 0. The summed E-state index contributed by atoms with van der Waals surface area (Å²) in [7, 11) is 0. The van der Waals surface area contributed by atoms with Gasteiger partial charge in [-0.2, -0.15) is 0 Å². The summed E-state index contributed by atoms with van der Waals surface area (Å²) in [5.41, 5.74) is 0. The Hall–Kier alpha value is 0.190. The molecule has 1 nitrogen and oxygen atoms in total. The van der Waals surface area contributed by atoms with Gasteiger partial charge in [-0.25, -0.2) is 0 Å². The summed E-state index contributed by atoms with van der Waals surface area (Å²) in [6.07, 6.45) is 0. The van der Waals surface area contributed by atoms with Gasteiger partial charge in [-0.05, 0) is 62.1 Å². The summed E-state index contributed by atoms with van der Waals surface area (Å²) in [5.74, 6) is 0.309. The van der Waals surface area contributed by atoms with E-state index < -0.39 is 0 Å². The van der Waals surface area contributed by atoms with Gasteiger partial charge in [0, 0.05) is 9.17 Å². The van der Waals surface area contributed by atoms with Crippen molar-refractivity contribution in [1.82, 2.24) is 0 Å². The van der Waals surface area contributed by atoms with E-state index in [1.54, 1.807) is 23.5 Å². The Morgan fingerprint density at radius 1 is 1.33 bits per heavy atom. The highest BCUT2D eigenvalue weighted by atomic mass is 127. The zero-order valence-electron chi connectivity index (χ0n) is 5.84. The Morgan fingerprint density at radius 2 is 2.08 bits per heavy atom. The molecule has 1 aromatic heterocycles. The van der Waals surface area contributed by atoms with Gasteiger partial charge in [-0.1, -0.05) is 0 Å². The Kier molecular flexibility index (Phi) is 2.31. The second-order valence-corrected chi connectivity index (χ2v) is 6.20. The molecule has 4 heteroatoms. The molecule has 0 aliphatic heterocycles. The van der Waals surface area contributed by atoms with Crippen molar-refractivity contribution in [1.29, 1.82) is 0 Å². The normalized spacial score (nSPS) is 10.8. The maximum Gasteiger partial charge on any atom is 0.117 e. The number of halogens is 2. The molecular formula is C8H4BrIOS. The van der Waals surface area contributed by atoms with Gasteiger partial charge in [0.25, 0.3) is 0 Å². The highest BCUT2D eigenvalue weighted by Crippen LogP contribution is 2.35. The standard InChI is InChI=1S/C8H4BrIOS/c9-6-3-5(11)1-4-2-7(10)12-8(4)6/h1-3,11H. The minimum absolute atomic E-state index is 0.309. The van der Waals surface area contributed by atoms with Crippen LogP contribution in [0.4, 0.5) is 0 Å². The van der Waals surface area contributed by atoms with Crippen molar-refractivity contribution in [3.63, 3.8) is 0 Å². The minimum Gasteiger partial charge on any atom is -0.508 e. The first-order valence-corrected chi connectivity index (χ1v) is 5.93. The van der Waals surface area contributed by atoms with E-state index in [1.807, 2.05) is 0 Å². The predicted octanol–water partition coefficient (Wildman–Crippen LogP) is 3.97. The molecule has 2 rings (SSSR count). The smallest absolute Gasteiger partial charge is 0.117 e. The first-order valence-electron chi connectivity index (χ1n) is 3.24. The lowest BCUT2D eigenvalue weighted by atomic mass is 10.2. The lowest BCUT2D eigenvalue weighted by Gasteiger charge is -1.94. The van der Waals surface area contributed by atoms with Gasteiger partial charge >= 0.3 is 0 Å². The van der Waals surface area contributed by atoms with E-state index in [1.165, 1.54) is 7.58 Å². The Balaban J connectivity index is 2.88. The number of hydrogen-bond acceptors (Lipinski definition) is 2. The largest absolute Gasteiger partial charge is 0.508 e. The second kappa shape index (κ2) is 3.16. The molecule has 0 atom stereocenters. The van der Waals surface area contributed by atoms with E-state index in [4.69, 9.17) is 0 Å². The number of benzene rings is 1. The van der Waals surface area contributed by atoms with Crippen LogP contribution in [0.15, 0.2) is 22.7 Å². The van der Waals surface area contributed by atoms with E-state index in [-0.39, 0.29) is 0 Å². The lowest BCUT2D eigenvalue weighted by Crippen LogP contribution is -1.66. The van der Waals surface area contributed by atoms with Gasteiger partial charge in [0.15, 0.2) is 0 Å². The molecule has 62 valence electrons. The fourth-order valence-electron chi connectivity index (χ4n) is 1.06. The highest BCUT2D eigenvalue weighted by molar-refractivity contribution is 14.1. The number of rotatable bonds is 0. The number of fused-ring (bicyclic) bond motifs is 1. The van der Waals surface area contributed by atoms with Crippen LogP contribution in [0, 0.1) is 2.88 Å². The molecule has 1 heterocycles. The third-order valence-electron chi connectivity index (χ3n) is 1.53. The molecule has 0 aliphatic carbocycles. The molecule has 1 N–H and O–H groups in total. The molecule has 0 fully saturated rings. The molecule has 0 bridgehead atoms. The van der Waals surface area contributed by atoms with E-state index >= 15 is 0 Å². The van der Waals surface area contributed by atoms with Crippen molar-refractivity contribution in [3.05, 3.63) is 25.6 Å². The molecule has 0 spiro atoms. The highest BCUT2D eigenvalue weighted by Gasteiger charge is 2.04. The number of phenolic OH excluding ortho intramolecular Hbond substituents is 1. The summed E-state index contributed by atoms with van der Waals surface area (Å²) < 4.78 is 3.39. The van der Waals surface area contributed by atoms with E-state index in [2.05, 4.69) is 44.6 Å². The maximum atomic E-state index is 9.29. The molecule has 0 amide bonds. The van der Waals surface area contributed by atoms with Gasteiger partial charge in [0.1, 0.15) is 5.75 Å². The van der Waals surface area contributed by atoms with Crippen molar-refractivity contribution in [2.24, 2.45) is 0 Å². The third-order valence-corrected chi connectivity index (χ3v) is 4.36. The minimum atomic E-state index is 0.309. The SMILES string of the molecule is Oc1cc(Br)c2sc(I)cc2c1. The van der Waals surface area contributed by atoms with Gasteiger partial charge in [0.2, 0.25) is 0 Å². The maximum absolute atomic E-state index is 9.29. The number of hydrogen-bond donors (Lipinski definition) is 1. The van der Waals surface area contributed by atoms with Crippen molar-refractivity contribution in [2.45, 2.75) is 0 Å². The van der Waals surface area contributed by atoms with Crippen molar-refractivity contribution in [3.8, 4) is 5.75 Å². The molecule has 0 radical (unpaired) electrons. The Bertz CT molecular complexity index is 438.